The van der Waals surface area contributed by atoms with Crippen LogP contribution in [0.4, 0.5) is 4.79 Å². The molecule has 2 amide bonds. The summed E-state index contributed by atoms with van der Waals surface area (Å²) >= 11 is 38.3. The van der Waals surface area contributed by atoms with Crippen LogP contribution in [0, 0.1) is 0 Å². The largest absolute Gasteiger partial charge is 0.379 e. The number of carbonyl (C=O) groups excluding carboxylic acids is 4. The Morgan fingerprint density at radius 2 is 0.784 bits per heavy atom. The number of nitrogens with zero attached hydrogens (tertiary/aromatic N) is 5. The predicted molar refractivity (Wildman–Crippen MR) is 454 cm³/mol. The number of nitrogens with one attached hydrogen (secondary N) is 4. The summed E-state index contributed by atoms with van der Waals surface area (Å²) in [5.41, 5.74) is 14.7. The van der Waals surface area contributed by atoms with Gasteiger partial charge in [0, 0.05) is 146 Å². The van der Waals surface area contributed by atoms with Crippen LogP contribution in [0.5, 0.6) is 0 Å². The summed E-state index contributed by atoms with van der Waals surface area (Å²) < 4.78 is 115. The van der Waals surface area contributed by atoms with Crippen molar-refractivity contribution in [1.29, 1.82) is 0 Å². The number of hydrogen-bond acceptors (Lipinski definition) is 22. The van der Waals surface area contributed by atoms with Crippen LogP contribution in [0.1, 0.15) is 126 Å². The maximum absolute atomic E-state index is 13.0. The molecule has 6 aromatic carbocycles. The van der Waals surface area contributed by atoms with Gasteiger partial charge in [0.25, 0.3) is 0 Å². The Kier molecular flexibility index (Phi) is 43.3. The maximum atomic E-state index is 13.0. The molecule has 0 radical (unpaired) electrons. The number of benzene rings is 6. The zero-order valence-corrected chi connectivity index (χ0v) is 72.7. The van der Waals surface area contributed by atoms with Gasteiger partial charge in [-0.3, -0.25) is 4.79 Å². The number of sulfonamides is 2. The van der Waals surface area contributed by atoms with Gasteiger partial charge in [0.2, 0.25) is 32.2 Å². The highest BCUT2D eigenvalue weighted by Crippen LogP contribution is 2.42. The highest BCUT2D eigenvalue weighted by molar-refractivity contribution is 7.91. The number of sulfone groups is 1. The number of isocyanates is 2. The molecule has 26 nitrogen and oxygen atoms in total. The molecule has 0 fully saturated rings. The van der Waals surface area contributed by atoms with Crippen molar-refractivity contribution < 1.29 is 72.9 Å². The van der Waals surface area contributed by atoms with Crippen LogP contribution in [-0.4, -0.2) is 236 Å². The van der Waals surface area contributed by atoms with Gasteiger partial charge in [-0.25, -0.2) is 59.1 Å². The highest BCUT2D eigenvalue weighted by atomic mass is 35.5. The molecular formula is C81H106Cl6N10O16S3. The minimum absolute atomic E-state index is 0.00805. The van der Waals surface area contributed by atoms with Gasteiger partial charge in [-0.15, -0.1) is 0 Å². The van der Waals surface area contributed by atoms with Gasteiger partial charge in [0.1, 0.15) is 5.78 Å². The molecule has 9 rings (SSSR count). The lowest BCUT2D eigenvalue weighted by molar-refractivity contribution is -0.119. The molecule has 3 aliphatic rings. The lowest BCUT2D eigenvalue weighted by atomic mass is 9.85. The molecule has 0 aromatic heterocycles. The molecule has 0 saturated carbocycles. The molecule has 0 saturated heterocycles. The molecule has 35 heteroatoms. The van der Waals surface area contributed by atoms with E-state index < -0.39 is 29.9 Å². The van der Waals surface area contributed by atoms with E-state index in [4.69, 9.17) is 104 Å². The number of likely N-dealkylation sites (N-methyl/N-ethyl adjacent to an activating group) is 3. The summed E-state index contributed by atoms with van der Waals surface area (Å²) in [4.78, 5) is 57.3. The van der Waals surface area contributed by atoms with E-state index in [1.807, 2.05) is 75.7 Å². The Morgan fingerprint density at radius 3 is 1.18 bits per heavy atom. The number of amides is 2. The topological polar surface area (TPSA) is 335 Å². The van der Waals surface area contributed by atoms with Crippen molar-refractivity contribution in [3.63, 3.8) is 0 Å². The average molecular weight is 1780 g/mol. The van der Waals surface area contributed by atoms with E-state index in [1.165, 1.54) is 12.2 Å². The SMILES string of the molecule is CN1Cc2c(Cl)cc(Cl)cc2C(c2ccc(S(=O)(=O)CCCOCCOCCNC(=O)NCCCCCC(=O)CCCOCCOCCNS(=O)(=O)c3ccc(C4CN(C)Cc5c(Cl)cc(Cl)cc54)cc3)cc2)C1.CN1Cc2c(Cl)cc(Cl)cc2C(c2ccc(S(=O)(=O)NCCOCCOCCN)cc2)C1.O=C=NCCCCN=C=O. The number of halogens is 6. The second-order valence-corrected chi connectivity index (χ2v) is 36.2. The lowest BCUT2D eigenvalue weighted by Crippen LogP contribution is -2.37. The first kappa shape index (κ1) is 97.3. The number of fused-ring (bicyclic) bond motifs is 3. The van der Waals surface area contributed by atoms with E-state index in [0.29, 0.717) is 148 Å². The molecule has 3 heterocycles. The molecular weight excluding hydrogens is 1680 g/mol. The first-order valence-electron chi connectivity index (χ1n) is 38.5. The van der Waals surface area contributed by atoms with Crippen LogP contribution in [-0.2, 0) is 92.3 Å². The van der Waals surface area contributed by atoms with Crippen molar-refractivity contribution in [2.45, 2.75) is 110 Å². The van der Waals surface area contributed by atoms with E-state index in [1.54, 1.807) is 54.6 Å². The van der Waals surface area contributed by atoms with Crippen LogP contribution in [0.2, 0.25) is 30.1 Å². The summed E-state index contributed by atoms with van der Waals surface area (Å²) in [6, 6.07) is 31.7. The monoisotopic (exact) mass is 1780 g/mol. The van der Waals surface area contributed by atoms with Crippen molar-refractivity contribution in [2.24, 2.45) is 15.7 Å². The number of unbranched alkanes of at least 4 members (excludes halogenated alkanes) is 3. The smallest absolute Gasteiger partial charge is 0.314 e. The predicted octanol–water partition coefficient (Wildman–Crippen LogP) is 12.2. The zero-order chi connectivity index (χ0) is 83.9. The average Bonchev–Trinajstić information content (AvgIpc) is 0.784. The second kappa shape index (κ2) is 51.7. The summed E-state index contributed by atoms with van der Waals surface area (Å²) in [5, 5.41) is 9.22. The van der Waals surface area contributed by atoms with Crippen LogP contribution in [0.15, 0.2) is 134 Å². The van der Waals surface area contributed by atoms with Crippen LogP contribution in [0.25, 0.3) is 0 Å². The fourth-order valence-corrected chi connectivity index (χ4v) is 18.4. The number of ether oxygens (including phenoxy) is 6. The molecule has 3 atom stereocenters. The lowest BCUT2D eigenvalue weighted by Gasteiger charge is -2.33. The fraction of sp³-hybridized carbons (Fsp3) is 0.506. The summed E-state index contributed by atoms with van der Waals surface area (Å²) in [6.07, 6.45) is 8.54. The van der Waals surface area contributed by atoms with E-state index in [9.17, 15) is 44.4 Å². The number of nitrogens with two attached hydrogens (primary N) is 1. The number of carbonyl (C=O) groups is 2. The first-order chi connectivity index (χ1) is 55.7. The molecule has 6 N–H and O–H groups in total. The Hall–Kier alpha value is -5.87. The fourth-order valence-electron chi connectivity index (χ4n) is 13.3. The van der Waals surface area contributed by atoms with Gasteiger partial charge in [0.15, 0.2) is 9.84 Å². The third-order valence-corrected chi connectivity index (χ3v) is 25.5. The Balaban J connectivity index is 0.000000362. The van der Waals surface area contributed by atoms with E-state index in [2.05, 4.69) is 44.8 Å². The van der Waals surface area contributed by atoms with Crippen LogP contribution in [0.3, 0.4) is 0 Å². The summed E-state index contributed by atoms with van der Waals surface area (Å²) in [5.74, 6) is 0.220. The highest BCUT2D eigenvalue weighted by Gasteiger charge is 2.31. The summed E-state index contributed by atoms with van der Waals surface area (Å²) in [6.45, 7) is 11.0. The van der Waals surface area contributed by atoms with Gasteiger partial charge in [-0.05, 0) is 183 Å². The van der Waals surface area contributed by atoms with Crippen molar-refractivity contribution in [3.05, 3.63) is 189 Å². The zero-order valence-electron chi connectivity index (χ0n) is 65.7. The molecule has 0 aliphatic carbocycles. The minimum atomic E-state index is -3.73. The van der Waals surface area contributed by atoms with Crippen molar-refractivity contribution in [3.8, 4) is 0 Å². The Labute approximate surface area is 712 Å². The third-order valence-electron chi connectivity index (χ3n) is 19.1. The molecule has 3 unspecified atom stereocenters. The first-order valence-corrected chi connectivity index (χ1v) is 45.4. The summed E-state index contributed by atoms with van der Waals surface area (Å²) in [7, 11) is -4.74. The quantitative estimate of drug-likeness (QED) is 0.0135. The van der Waals surface area contributed by atoms with Crippen molar-refractivity contribution in [2.75, 3.05) is 172 Å². The van der Waals surface area contributed by atoms with Crippen LogP contribution < -0.4 is 25.8 Å². The number of rotatable bonds is 47. The minimum Gasteiger partial charge on any atom is -0.379 e. The molecule has 0 spiro atoms. The van der Waals surface area contributed by atoms with E-state index in [0.717, 1.165) is 121 Å². The van der Waals surface area contributed by atoms with Gasteiger partial charge in [-0.2, -0.15) is 0 Å². The number of urea groups is 1. The van der Waals surface area contributed by atoms with Gasteiger partial charge in [-0.1, -0.05) is 112 Å². The number of hydrogen-bond donors (Lipinski definition) is 5. The van der Waals surface area contributed by atoms with Crippen LogP contribution >= 0.6 is 69.6 Å². The standard InChI is InChI=1S/C53H69Cl4N5O10S2.C22H29Cl2N3O4S.C6H8N2O2/c1-61-34-47(45-30-40(54)32-51(56)49(45)36-61)38-10-14-43(15-11-38)73(65,66)29-7-22-70-26-27-71-23-19-59-53(64)58-18-5-3-4-8-42(63)9-6-21-69-25-28-72-24-20-60-74(67,68)44-16-12-39(13-17-44)48-35-62(2)37-50-46(48)31-41(55)33-52(50)57;1-27-14-20(19-12-17(23)13-22(24)21(19)15-27)16-2-4-18(5-3-16)32(28,29)26-7-9-31-11-10-30-8-6-25;9-5-7-3-1-2-4-8-6-10/h10-17,30-33,47-48,60H,3-9,18-29,34-37H2,1-2H3,(H2,58,59,64);2-5,12-13,20,26H,6-11,14-15,25H2,1H3;1-4H2. The Bertz CT molecular complexity index is 4340. The second-order valence-electron chi connectivity index (χ2n) is 28.0. The molecule has 3 aliphatic heterocycles. The van der Waals surface area contributed by atoms with Gasteiger partial charge < -0.3 is 59.5 Å². The third kappa shape index (κ3) is 33.3. The van der Waals surface area contributed by atoms with Gasteiger partial charge in [0.05, 0.1) is 99.6 Å². The van der Waals surface area contributed by atoms with E-state index in [-0.39, 0.29) is 82.9 Å². The van der Waals surface area contributed by atoms with Crippen molar-refractivity contribution in [1.82, 2.24) is 34.8 Å². The normalized spacial score (nSPS) is 15.6. The molecule has 0 bridgehead atoms. The number of Topliss-reactive ketones (excluding diaryl/α,β-unsaturated/α-hetero) is 1. The maximum Gasteiger partial charge on any atom is 0.314 e. The van der Waals surface area contributed by atoms with E-state index >= 15 is 0 Å². The number of aliphatic imine (C=N–C) groups is 2. The molecule has 636 valence electrons. The number of ketones is 1. The van der Waals surface area contributed by atoms with Gasteiger partial charge >= 0.3 is 6.03 Å². The molecule has 116 heavy (non-hydrogen) atoms. The molecule has 6 aromatic rings. The Morgan fingerprint density at radius 1 is 0.431 bits per heavy atom. The van der Waals surface area contributed by atoms with Crippen molar-refractivity contribution >= 4 is 123 Å².